The third kappa shape index (κ3) is 3.61. The molecule has 3 nitrogen and oxygen atoms in total. The van der Waals surface area contributed by atoms with Crippen molar-refractivity contribution in [1.82, 2.24) is 10.4 Å². The number of aromatic nitrogens is 1. The maximum atomic E-state index is 5.60. The predicted molar refractivity (Wildman–Crippen MR) is 74.8 cm³/mol. The van der Waals surface area contributed by atoms with E-state index in [2.05, 4.69) is 37.8 Å². The Morgan fingerprint density at radius 2 is 2.24 bits per heavy atom. The van der Waals surface area contributed by atoms with Gasteiger partial charge in [-0.1, -0.05) is 6.07 Å². The molecule has 0 bridgehead atoms. The molecular weight excluding hydrogens is 298 g/mol. The first-order valence-electron chi connectivity index (χ1n) is 5.37. The van der Waals surface area contributed by atoms with Crippen molar-refractivity contribution >= 4 is 27.3 Å². The molecule has 2 aromatic rings. The topological polar surface area (TPSA) is 50.9 Å². The Morgan fingerprint density at radius 1 is 1.35 bits per heavy atom. The highest BCUT2D eigenvalue weighted by atomic mass is 79.9. The van der Waals surface area contributed by atoms with Crippen molar-refractivity contribution < 1.29 is 0 Å². The average Bonchev–Trinajstić information content (AvgIpc) is 2.75. The zero-order valence-electron chi connectivity index (χ0n) is 9.27. The minimum Gasteiger partial charge on any atom is -0.271 e. The molecule has 90 valence electrons. The zero-order valence-corrected chi connectivity index (χ0v) is 11.7. The highest BCUT2D eigenvalue weighted by Gasteiger charge is 2.12. The molecule has 2 heterocycles. The number of thiophene rings is 1. The van der Waals surface area contributed by atoms with E-state index in [0.29, 0.717) is 0 Å². The molecule has 17 heavy (non-hydrogen) atoms. The molecule has 0 aliphatic carbocycles. The molecule has 0 fully saturated rings. The van der Waals surface area contributed by atoms with Crippen molar-refractivity contribution in [2.24, 2.45) is 5.84 Å². The van der Waals surface area contributed by atoms with Crippen molar-refractivity contribution in [3.63, 3.8) is 0 Å². The quantitative estimate of drug-likeness (QED) is 0.659. The van der Waals surface area contributed by atoms with Crippen LogP contribution in [0.1, 0.15) is 10.6 Å². The summed E-state index contributed by atoms with van der Waals surface area (Å²) in [5.41, 5.74) is 3.92. The summed E-state index contributed by atoms with van der Waals surface area (Å²) in [4.78, 5) is 5.62. The Labute approximate surface area is 113 Å². The summed E-state index contributed by atoms with van der Waals surface area (Å²) < 4.78 is 1.16. The van der Waals surface area contributed by atoms with Crippen molar-refractivity contribution in [2.45, 2.75) is 18.9 Å². The van der Waals surface area contributed by atoms with Gasteiger partial charge in [0.05, 0.1) is 0 Å². The molecule has 0 aliphatic rings. The number of hydrogen-bond donors (Lipinski definition) is 2. The molecule has 2 rings (SSSR count). The maximum Gasteiger partial charge on any atom is 0.0419 e. The standard InChI is InChI=1S/C12H14BrN3S/c13-11-4-6-17-12(11)8-10(16-14)7-9-3-1-2-5-15-9/h1-6,10,16H,7-8,14H2. The lowest BCUT2D eigenvalue weighted by atomic mass is 10.1. The number of nitrogens with one attached hydrogen (secondary N) is 1. The Hall–Kier alpha value is -0.750. The molecule has 2 aromatic heterocycles. The lowest BCUT2D eigenvalue weighted by molar-refractivity contribution is 0.520. The Kier molecular flexibility index (Phi) is 4.67. The van der Waals surface area contributed by atoms with E-state index in [-0.39, 0.29) is 6.04 Å². The van der Waals surface area contributed by atoms with Gasteiger partial charge in [0.1, 0.15) is 0 Å². The van der Waals surface area contributed by atoms with Gasteiger partial charge < -0.3 is 0 Å². The summed E-state index contributed by atoms with van der Waals surface area (Å²) in [6.45, 7) is 0. The molecule has 0 saturated heterocycles. The highest BCUT2D eigenvalue weighted by Crippen LogP contribution is 2.24. The van der Waals surface area contributed by atoms with Crippen LogP contribution in [-0.2, 0) is 12.8 Å². The van der Waals surface area contributed by atoms with E-state index in [1.54, 1.807) is 11.3 Å². The normalized spacial score (nSPS) is 12.6. The third-order valence-corrected chi connectivity index (χ3v) is 4.49. The fourth-order valence-electron chi connectivity index (χ4n) is 1.66. The summed E-state index contributed by atoms with van der Waals surface area (Å²) in [6, 6.07) is 8.21. The van der Waals surface area contributed by atoms with E-state index in [9.17, 15) is 0 Å². The number of halogens is 1. The van der Waals surface area contributed by atoms with E-state index in [4.69, 9.17) is 5.84 Å². The van der Waals surface area contributed by atoms with E-state index in [1.165, 1.54) is 4.88 Å². The van der Waals surface area contributed by atoms with E-state index >= 15 is 0 Å². The van der Waals surface area contributed by atoms with Crippen molar-refractivity contribution in [3.8, 4) is 0 Å². The lowest BCUT2D eigenvalue weighted by Crippen LogP contribution is -2.38. The van der Waals surface area contributed by atoms with E-state index < -0.39 is 0 Å². The van der Waals surface area contributed by atoms with Gasteiger partial charge in [0.15, 0.2) is 0 Å². The number of nitrogens with zero attached hydrogens (tertiary/aromatic N) is 1. The van der Waals surface area contributed by atoms with Crippen molar-refractivity contribution in [2.75, 3.05) is 0 Å². The summed E-state index contributed by atoms with van der Waals surface area (Å²) in [7, 11) is 0. The minimum absolute atomic E-state index is 0.208. The molecule has 1 atom stereocenters. The second kappa shape index (κ2) is 6.26. The summed E-state index contributed by atoms with van der Waals surface area (Å²) in [6.07, 6.45) is 3.55. The van der Waals surface area contributed by atoms with Crippen LogP contribution < -0.4 is 11.3 Å². The van der Waals surface area contributed by atoms with Crippen molar-refractivity contribution in [1.29, 1.82) is 0 Å². The second-order valence-corrected chi connectivity index (χ2v) is 5.64. The molecule has 0 aliphatic heterocycles. The molecular formula is C12H14BrN3S. The molecule has 0 saturated carbocycles. The zero-order chi connectivity index (χ0) is 12.1. The molecule has 0 spiro atoms. The molecule has 3 N–H and O–H groups in total. The van der Waals surface area contributed by atoms with Crippen LogP contribution in [0.2, 0.25) is 0 Å². The summed E-state index contributed by atoms with van der Waals surface area (Å²) in [5.74, 6) is 5.60. The van der Waals surface area contributed by atoms with Gasteiger partial charge in [-0.15, -0.1) is 11.3 Å². The van der Waals surface area contributed by atoms with Crippen LogP contribution in [0.25, 0.3) is 0 Å². The highest BCUT2D eigenvalue weighted by molar-refractivity contribution is 9.10. The first kappa shape index (κ1) is 12.7. The van der Waals surface area contributed by atoms with Crippen LogP contribution in [0.3, 0.4) is 0 Å². The number of hydrazine groups is 1. The van der Waals surface area contributed by atoms with Crippen LogP contribution in [0.15, 0.2) is 40.3 Å². The second-order valence-electron chi connectivity index (χ2n) is 3.78. The molecule has 1 unspecified atom stereocenters. The van der Waals surface area contributed by atoms with Crippen LogP contribution in [0, 0.1) is 0 Å². The fraction of sp³-hybridized carbons (Fsp3) is 0.250. The fourth-order valence-corrected chi connectivity index (χ4v) is 3.25. The average molecular weight is 312 g/mol. The van der Waals surface area contributed by atoms with Crippen LogP contribution in [0.4, 0.5) is 0 Å². The Balaban J connectivity index is 2.00. The van der Waals surface area contributed by atoms with Gasteiger partial charge in [0.25, 0.3) is 0 Å². The number of pyridine rings is 1. The van der Waals surface area contributed by atoms with Gasteiger partial charge in [-0.05, 0) is 45.9 Å². The van der Waals surface area contributed by atoms with Crippen LogP contribution in [-0.4, -0.2) is 11.0 Å². The number of nitrogens with two attached hydrogens (primary N) is 1. The van der Waals surface area contributed by atoms with Crippen LogP contribution in [0.5, 0.6) is 0 Å². The smallest absolute Gasteiger partial charge is 0.0419 e. The van der Waals surface area contributed by atoms with Crippen LogP contribution >= 0.6 is 27.3 Å². The SMILES string of the molecule is NNC(Cc1ccccn1)Cc1sccc1Br. The molecule has 0 aromatic carbocycles. The van der Waals surface area contributed by atoms with Gasteiger partial charge in [-0.25, -0.2) is 0 Å². The maximum absolute atomic E-state index is 5.60. The first-order chi connectivity index (χ1) is 8.29. The Morgan fingerprint density at radius 3 is 2.82 bits per heavy atom. The summed E-state index contributed by atoms with van der Waals surface area (Å²) in [5, 5.41) is 2.08. The largest absolute Gasteiger partial charge is 0.271 e. The van der Waals surface area contributed by atoms with Gasteiger partial charge >= 0.3 is 0 Å². The van der Waals surface area contributed by atoms with Gasteiger partial charge in [0.2, 0.25) is 0 Å². The summed E-state index contributed by atoms with van der Waals surface area (Å²) >= 11 is 5.28. The minimum atomic E-state index is 0.208. The molecule has 0 amide bonds. The number of rotatable bonds is 5. The van der Waals surface area contributed by atoms with Gasteiger partial charge in [-0.2, -0.15) is 0 Å². The number of hydrogen-bond acceptors (Lipinski definition) is 4. The predicted octanol–water partition coefficient (Wildman–Crippen LogP) is 2.52. The first-order valence-corrected chi connectivity index (χ1v) is 7.04. The van der Waals surface area contributed by atoms with E-state index in [1.807, 2.05) is 24.4 Å². The molecule has 5 heteroatoms. The third-order valence-electron chi connectivity index (χ3n) is 2.54. The monoisotopic (exact) mass is 311 g/mol. The Bertz CT molecular complexity index is 458. The van der Waals surface area contributed by atoms with Gasteiger partial charge in [-0.3, -0.25) is 16.3 Å². The van der Waals surface area contributed by atoms with E-state index in [0.717, 1.165) is 23.0 Å². The molecule has 0 radical (unpaired) electrons. The lowest BCUT2D eigenvalue weighted by Gasteiger charge is -2.14. The van der Waals surface area contributed by atoms with Gasteiger partial charge in [0, 0.05) is 33.7 Å². The van der Waals surface area contributed by atoms with Crippen molar-refractivity contribution in [3.05, 3.63) is 50.9 Å².